The highest BCUT2D eigenvalue weighted by Gasteiger charge is 2.18. The average molecular weight is 331 g/mol. The number of rotatable bonds is 6. The number of ether oxygens (including phenoxy) is 1. The van der Waals surface area contributed by atoms with Gasteiger partial charge in [-0.2, -0.15) is 0 Å². The average Bonchev–Trinajstić information content (AvgIpc) is 2.66. The van der Waals surface area contributed by atoms with Crippen molar-refractivity contribution in [3.8, 4) is 11.5 Å². The molecule has 0 fully saturated rings. The molecular formula is C22H21NO2. The lowest BCUT2D eigenvalue weighted by atomic mass is 9.95. The van der Waals surface area contributed by atoms with Crippen LogP contribution in [-0.2, 0) is 4.79 Å². The number of para-hydroxylation sites is 1. The number of carbonyl (C=O) groups is 1. The summed E-state index contributed by atoms with van der Waals surface area (Å²) in [5.74, 6) is 1.38. The molecule has 3 aromatic carbocycles. The SMILES string of the molecule is CC[C@@H](C(=O)Nc1ccc(Oc2ccccc2)cc1)c1ccccc1. The second-order valence-corrected chi connectivity index (χ2v) is 5.80. The lowest BCUT2D eigenvalue weighted by Crippen LogP contribution is -2.20. The first-order valence-electron chi connectivity index (χ1n) is 8.45. The Balaban J connectivity index is 1.65. The molecule has 0 saturated heterocycles. The van der Waals surface area contributed by atoms with Crippen molar-refractivity contribution in [1.29, 1.82) is 0 Å². The molecule has 1 atom stereocenters. The Morgan fingerprint density at radius 2 is 1.40 bits per heavy atom. The monoisotopic (exact) mass is 331 g/mol. The molecule has 0 radical (unpaired) electrons. The topological polar surface area (TPSA) is 38.3 Å². The van der Waals surface area contributed by atoms with Crippen molar-refractivity contribution < 1.29 is 9.53 Å². The Bertz CT molecular complexity index is 798. The predicted octanol–water partition coefficient (Wildman–Crippen LogP) is 5.61. The first-order valence-corrected chi connectivity index (χ1v) is 8.45. The molecule has 0 aromatic heterocycles. The maximum absolute atomic E-state index is 12.6. The molecular weight excluding hydrogens is 310 g/mol. The Hall–Kier alpha value is -3.07. The van der Waals surface area contributed by atoms with Crippen LogP contribution in [0.15, 0.2) is 84.9 Å². The molecule has 0 aliphatic carbocycles. The molecule has 0 bridgehead atoms. The Labute approximate surface area is 148 Å². The van der Waals surface area contributed by atoms with Crippen molar-refractivity contribution >= 4 is 11.6 Å². The highest BCUT2D eigenvalue weighted by atomic mass is 16.5. The van der Waals surface area contributed by atoms with E-state index in [1.807, 2.05) is 91.9 Å². The first kappa shape index (κ1) is 16.8. The summed E-state index contributed by atoms with van der Waals surface area (Å²) in [5.41, 5.74) is 1.80. The van der Waals surface area contributed by atoms with E-state index in [-0.39, 0.29) is 11.8 Å². The number of benzene rings is 3. The third-order valence-corrected chi connectivity index (χ3v) is 4.03. The van der Waals surface area contributed by atoms with Gasteiger partial charge in [0, 0.05) is 5.69 Å². The zero-order valence-corrected chi connectivity index (χ0v) is 14.2. The van der Waals surface area contributed by atoms with E-state index in [0.717, 1.165) is 29.2 Å². The minimum absolute atomic E-state index is 0.00503. The molecule has 0 spiro atoms. The molecule has 126 valence electrons. The number of amides is 1. The Morgan fingerprint density at radius 1 is 0.840 bits per heavy atom. The summed E-state index contributed by atoms with van der Waals surface area (Å²) in [4.78, 5) is 12.6. The van der Waals surface area contributed by atoms with Crippen molar-refractivity contribution in [3.05, 3.63) is 90.5 Å². The fourth-order valence-electron chi connectivity index (χ4n) is 2.72. The van der Waals surface area contributed by atoms with E-state index >= 15 is 0 Å². The van der Waals surface area contributed by atoms with Gasteiger partial charge in [-0.1, -0.05) is 55.5 Å². The Morgan fingerprint density at radius 3 is 2.00 bits per heavy atom. The summed E-state index contributed by atoms with van der Waals surface area (Å²) < 4.78 is 5.76. The molecule has 0 heterocycles. The molecule has 3 heteroatoms. The van der Waals surface area contributed by atoms with Gasteiger partial charge in [-0.05, 0) is 48.4 Å². The number of carbonyl (C=O) groups excluding carboxylic acids is 1. The molecule has 0 aliphatic rings. The van der Waals surface area contributed by atoms with Crippen molar-refractivity contribution in [3.63, 3.8) is 0 Å². The smallest absolute Gasteiger partial charge is 0.231 e. The molecule has 0 unspecified atom stereocenters. The largest absolute Gasteiger partial charge is 0.457 e. The molecule has 3 aromatic rings. The number of anilines is 1. The summed E-state index contributed by atoms with van der Waals surface area (Å²) in [6.45, 7) is 2.02. The normalized spacial score (nSPS) is 11.6. The van der Waals surface area contributed by atoms with Gasteiger partial charge in [0.1, 0.15) is 11.5 Å². The lowest BCUT2D eigenvalue weighted by Gasteiger charge is -2.15. The van der Waals surface area contributed by atoms with E-state index in [1.54, 1.807) is 0 Å². The fourth-order valence-corrected chi connectivity index (χ4v) is 2.72. The number of hydrogen-bond acceptors (Lipinski definition) is 2. The molecule has 1 N–H and O–H groups in total. The number of nitrogens with one attached hydrogen (secondary N) is 1. The third-order valence-electron chi connectivity index (χ3n) is 4.03. The van der Waals surface area contributed by atoms with Crippen LogP contribution in [-0.4, -0.2) is 5.91 Å². The third kappa shape index (κ3) is 4.48. The van der Waals surface area contributed by atoms with Gasteiger partial charge in [0.2, 0.25) is 5.91 Å². The second-order valence-electron chi connectivity index (χ2n) is 5.80. The Kier molecular flexibility index (Phi) is 5.47. The van der Waals surface area contributed by atoms with Crippen LogP contribution in [0.25, 0.3) is 0 Å². The summed E-state index contributed by atoms with van der Waals surface area (Å²) in [5, 5.41) is 2.99. The van der Waals surface area contributed by atoms with Crippen LogP contribution in [0.5, 0.6) is 11.5 Å². The molecule has 0 aliphatic heterocycles. The van der Waals surface area contributed by atoms with Crippen LogP contribution < -0.4 is 10.1 Å². The fraction of sp³-hybridized carbons (Fsp3) is 0.136. The van der Waals surface area contributed by atoms with Crippen LogP contribution in [0.1, 0.15) is 24.8 Å². The van der Waals surface area contributed by atoms with Crippen molar-refractivity contribution in [2.75, 3.05) is 5.32 Å². The molecule has 3 nitrogen and oxygen atoms in total. The highest BCUT2D eigenvalue weighted by Crippen LogP contribution is 2.25. The molecule has 1 amide bonds. The quantitative estimate of drug-likeness (QED) is 0.637. The summed E-state index contributed by atoms with van der Waals surface area (Å²) in [6, 6.07) is 26.9. The molecule has 0 saturated carbocycles. The van der Waals surface area contributed by atoms with E-state index in [4.69, 9.17) is 4.74 Å². The van der Waals surface area contributed by atoms with E-state index in [1.165, 1.54) is 0 Å². The van der Waals surface area contributed by atoms with Gasteiger partial charge in [-0.15, -0.1) is 0 Å². The standard InChI is InChI=1S/C22H21NO2/c1-2-21(17-9-5-3-6-10-17)22(24)23-18-13-15-20(16-14-18)25-19-11-7-4-8-12-19/h3-16,21H,2H2,1H3,(H,23,24)/t21-/m1/s1. The van der Waals surface area contributed by atoms with Gasteiger partial charge in [0.15, 0.2) is 0 Å². The molecule has 25 heavy (non-hydrogen) atoms. The predicted molar refractivity (Wildman–Crippen MR) is 101 cm³/mol. The summed E-state index contributed by atoms with van der Waals surface area (Å²) in [6.07, 6.45) is 0.755. The van der Waals surface area contributed by atoms with Gasteiger partial charge in [-0.25, -0.2) is 0 Å². The van der Waals surface area contributed by atoms with E-state index in [0.29, 0.717) is 0 Å². The maximum atomic E-state index is 12.6. The number of hydrogen-bond donors (Lipinski definition) is 1. The maximum Gasteiger partial charge on any atom is 0.231 e. The second kappa shape index (κ2) is 8.15. The zero-order valence-electron chi connectivity index (χ0n) is 14.2. The van der Waals surface area contributed by atoms with E-state index in [9.17, 15) is 4.79 Å². The van der Waals surface area contributed by atoms with Gasteiger partial charge < -0.3 is 10.1 Å². The summed E-state index contributed by atoms with van der Waals surface area (Å²) in [7, 11) is 0. The van der Waals surface area contributed by atoms with Gasteiger partial charge in [0.05, 0.1) is 5.92 Å². The van der Waals surface area contributed by atoms with Gasteiger partial charge in [0.25, 0.3) is 0 Å². The van der Waals surface area contributed by atoms with Crippen molar-refractivity contribution in [2.24, 2.45) is 0 Å². The first-order chi connectivity index (χ1) is 12.3. The van der Waals surface area contributed by atoms with Crippen molar-refractivity contribution in [2.45, 2.75) is 19.3 Å². The van der Waals surface area contributed by atoms with Crippen molar-refractivity contribution in [1.82, 2.24) is 0 Å². The lowest BCUT2D eigenvalue weighted by molar-refractivity contribution is -0.117. The zero-order chi connectivity index (χ0) is 17.5. The molecule has 3 rings (SSSR count). The highest BCUT2D eigenvalue weighted by molar-refractivity contribution is 5.95. The van der Waals surface area contributed by atoms with Crippen LogP contribution in [0.2, 0.25) is 0 Å². The summed E-state index contributed by atoms with van der Waals surface area (Å²) >= 11 is 0. The minimum Gasteiger partial charge on any atom is -0.457 e. The van der Waals surface area contributed by atoms with Crippen LogP contribution in [0.4, 0.5) is 5.69 Å². The van der Waals surface area contributed by atoms with E-state index < -0.39 is 0 Å². The van der Waals surface area contributed by atoms with Gasteiger partial charge >= 0.3 is 0 Å². The van der Waals surface area contributed by atoms with Gasteiger partial charge in [-0.3, -0.25) is 4.79 Å². The minimum atomic E-state index is -0.151. The van der Waals surface area contributed by atoms with E-state index in [2.05, 4.69) is 5.32 Å². The van der Waals surface area contributed by atoms with Crippen LogP contribution in [0, 0.1) is 0 Å². The van der Waals surface area contributed by atoms with Crippen LogP contribution in [0.3, 0.4) is 0 Å². The van der Waals surface area contributed by atoms with Crippen LogP contribution >= 0.6 is 0 Å².